The van der Waals surface area contributed by atoms with Crippen LogP contribution < -0.4 is 0 Å². The van der Waals surface area contributed by atoms with E-state index in [0.717, 1.165) is 31.3 Å². The molecular weight excluding hydrogens is 479 g/mol. The predicted octanol–water partition coefficient (Wildman–Crippen LogP) is 6.98. The molecule has 1 N–H and O–H groups in total. The van der Waals surface area contributed by atoms with E-state index in [1.54, 1.807) is 9.67 Å². The van der Waals surface area contributed by atoms with Crippen molar-refractivity contribution < 1.29 is 14.6 Å². The monoisotopic (exact) mass is 526 g/mol. The van der Waals surface area contributed by atoms with Gasteiger partial charge in [0.15, 0.2) is 0 Å². The number of aliphatic hydroxyl groups excluding tert-OH is 1. The molecule has 0 aliphatic heterocycles. The zero-order valence-corrected chi connectivity index (χ0v) is 23.2. The van der Waals surface area contributed by atoms with Crippen molar-refractivity contribution in [2.24, 2.45) is 0 Å². The van der Waals surface area contributed by atoms with Crippen molar-refractivity contribution in [2.75, 3.05) is 13.7 Å². The number of hydrogen-bond donors (Lipinski definition) is 1. The normalized spacial score (nSPS) is 12.5. The summed E-state index contributed by atoms with van der Waals surface area (Å²) in [5.41, 5.74) is 1.15. The van der Waals surface area contributed by atoms with Crippen molar-refractivity contribution in [3.8, 4) is 11.8 Å². The predicted molar refractivity (Wildman–Crippen MR) is 132 cm³/mol. The fourth-order valence-corrected chi connectivity index (χ4v) is 21.7. The number of methoxy groups -OCH3 is 1. The molecule has 0 aromatic rings. The quantitative estimate of drug-likeness (QED) is 0.0591. The summed E-state index contributed by atoms with van der Waals surface area (Å²) >= 11 is -2.63. The summed E-state index contributed by atoms with van der Waals surface area (Å²) in [6, 6.07) is 0. The molecule has 0 aromatic heterocycles. The molecule has 4 heteroatoms. The Morgan fingerprint density at radius 2 is 1.50 bits per heavy atom. The number of unbranched alkanes of at least 4 members (excludes halogenated alkanes) is 6. The molecule has 0 unspecified atom stereocenters. The Kier molecular flexibility index (Phi) is 18.5. The van der Waals surface area contributed by atoms with Crippen molar-refractivity contribution in [1.82, 2.24) is 0 Å². The van der Waals surface area contributed by atoms with E-state index in [4.69, 9.17) is 9.84 Å². The van der Waals surface area contributed by atoms with Crippen LogP contribution in [0.4, 0.5) is 0 Å². The van der Waals surface area contributed by atoms with Crippen LogP contribution in [0, 0.1) is 11.8 Å². The molecule has 0 saturated heterocycles. The van der Waals surface area contributed by atoms with Gasteiger partial charge < -0.3 is 0 Å². The van der Waals surface area contributed by atoms with Gasteiger partial charge in [-0.05, 0) is 0 Å². The molecule has 172 valence electrons. The van der Waals surface area contributed by atoms with Crippen LogP contribution in [0.2, 0.25) is 13.3 Å². The molecular formula is C26H46O3Sn. The first-order valence-electron chi connectivity index (χ1n) is 12.0. The summed E-state index contributed by atoms with van der Waals surface area (Å²) in [7, 11) is 1.46. The van der Waals surface area contributed by atoms with E-state index in [9.17, 15) is 4.79 Å². The third-order valence-corrected chi connectivity index (χ3v) is 22.1. The Hall–Kier alpha value is -0.731. The van der Waals surface area contributed by atoms with Crippen LogP contribution in [0.1, 0.15) is 91.9 Å². The van der Waals surface area contributed by atoms with E-state index < -0.39 is 18.4 Å². The molecule has 30 heavy (non-hydrogen) atoms. The van der Waals surface area contributed by atoms with Gasteiger partial charge in [0.2, 0.25) is 0 Å². The Morgan fingerprint density at radius 1 is 0.933 bits per heavy atom. The van der Waals surface area contributed by atoms with Gasteiger partial charge in [0.1, 0.15) is 0 Å². The fraction of sp³-hybridized carbons (Fsp3) is 0.731. The summed E-state index contributed by atoms with van der Waals surface area (Å²) in [6.45, 7) is 8.97. The molecule has 0 aromatic carbocycles. The number of esters is 1. The number of hydrogen-bond acceptors (Lipinski definition) is 3. The van der Waals surface area contributed by atoms with Crippen LogP contribution in [0.3, 0.4) is 0 Å². The number of carbonyl (C=O) groups excluding carboxylic acids is 1. The molecule has 0 spiro atoms. The van der Waals surface area contributed by atoms with Crippen LogP contribution >= 0.6 is 0 Å². The molecule has 0 aliphatic rings. The van der Waals surface area contributed by atoms with Gasteiger partial charge in [-0.3, -0.25) is 0 Å². The van der Waals surface area contributed by atoms with Gasteiger partial charge in [-0.2, -0.15) is 0 Å². The van der Waals surface area contributed by atoms with Crippen LogP contribution in [0.15, 0.2) is 21.3 Å². The van der Waals surface area contributed by atoms with Gasteiger partial charge >= 0.3 is 191 Å². The molecule has 0 bridgehead atoms. The van der Waals surface area contributed by atoms with E-state index in [1.165, 1.54) is 58.9 Å². The molecule has 0 rings (SSSR count). The second kappa shape index (κ2) is 19.0. The molecule has 0 fully saturated rings. The number of aliphatic hydroxyl groups is 1. The number of rotatable bonds is 16. The summed E-state index contributed by atoms with van der Waals surface area (Å²) < 4.78 is 10.7. The number of allylic oxidation sites excluding steroid dienone is 3. The van der Waals surface area contributed by atoms with E-state index in [0.29, 0.717) is 0 Å². The third kappa shape index (κ3) is 12.2. The number of ether oxygens (including phenoxy) is 1. The van der Waals surface area contributed by atoms with E-state index in [1.807, 2.05) is 0 Å². The van der Waals surface area contributed by atoms with E-state index in [2.05, 4.69) is 45.6 Å². The summed E-state index contributed by atoms with van der Waals surface area (Å²) in [4.78, 5) is 12.0. The SMILES string of the molecule is CCC[CH2][Sn]([CH2]CCC)([CH2]CCC)[C](=C/CCCCC#CCO)/C(C)=C/C(=O)OC. The van der Waals surface area contributed by atoms with Crippen molar-refractivity contribution in [3.05, 3.63) is 21.3 Å². The molecule has 0 heterocycles. The number of carbonyl (C=O) groups is 1. The summed E-state index contributed by atoms with van der Waals surface area (Å²) in [5.74, 6) is 5.50. The maximum atomic E-state index is 12.0. The van der Waals surface area contributed by atoms with Crippen molar-refractivity contribution >= 4 is 24.3 Å². The Balaban J connectivity index is 5.86. The van der Waals surface area contributed by atoms with Crippen LogP contribution in [0.5, 0.6) is 0 Å². The zero-order valence-electron chi connectivity index (χ0n) is 20.3. The molecule has 3 nitrogen and oxygen atoms in total. The van der Waals surface area contributed by atoms with Gasteiger partial charge in [-0.15, -0.1) is 0 Å². The van der Waals surface area contributed by atoms with Crippen LogP contribution in [0.25, 0.3) is 0 Å². The molecule has 0 atom stereocenters. The average Bonchev–Trinajstić information content (AvgIpc) is 2.75. The van der Waals surface area contributed by atoms with Crippen molar-refractivity contribution in [2.45, 2.75) is 105 Å². The fourth-order valence-electron chi connectivity index (χ4n) is 4.18. The first-order chi connectivity index (χ1) is 14.5. The zero-order chi connectivity index (χ0) is 22.7. The van der Waals surface area contributed by atoms with Crippen molar-refractivity contribution in [1.29, 1.82) is 0 Å². The maximum absolute atomic E-state index is 12.0. The first-order valence-corrected chi connectivity index (χ1v) is 19.5. The minimum atomic E-state index is -2.63. The molecule has 0 saturated carbocycles. The average molecular weight is 525 g/mol. The van der Waals surface area contributed by atoms with E-state index >= 15 is 0 Å². The van der Waals surface area contributed by atoms with E-state index in [-0.39, 0.29) is 12.6 Å². The van der Waals surface area contributed by atoms with Gasteiger partial charge in [-0.1, -0.05) is 0 Å². The standard InChI is InChI=1S/C14H19O3.3C4H9.Sn/c1-13(12-14(16)17-2)10-8-6-4-3-5-7-9-11-15;3*1-3-4-2;/h8,12,15H,3-6,11H2,1-2H3;3*1,3-4H2,2H3;/b10-8?,13-12+;;;;. The minimum absolute atomic E-state index is 0.0508. The topological polar surface area (TPSA) is 46.5 Å². The summed E-state index contributed by atoms with van der Waals surface area (Å²) in [6.07, 6.45) is 15.9. The van der Waals surface area contributed by atoms with Gasteiger partial charge in [-0.25, -0.2) is 0 Å². The second-order valence-electron chi connectivity index (χ2n) is 8.32. The molecule has 0 aliphatic carbocycles. The van der Waals surface area contributed by atoms with Gasteiger partial charge in [0.25, 0.3) is 0 Å². The Bertz CT molecular complexity index is 559. The third-order valence-electron chi connectivity index (χ3n) is 5.87. The second-order valence-corrected chi connectivity index (χ2v) is 21.4. The molecule has 0 amide bonds. The Morgan fingerprint density at radius 3 is 1.97 bits per heavy atom. The van der Waals surface area contributed by atoms with Crippen LogP contribution in [-0.2, 0) is 9.53 Å². The van der Waals surface area contributed by atoms with Crippen LogP contribution in [-0.4, -0.2) is 43.2 Å². The first kappa shape index (κ1) is 29.3. The Labute approximate surface area is 190 Å². The van der Waals surface area contributed by atoms with Gasteiger partial charge in [0, 0.05) is 0 Å². The van der Waals surface area contributed by atoms with Crippen molar-refractivity contribution in [3.63, 3.8) is 0 Å². The van der Waals surface area contributed by atoms with Gasteiger partial charge in [0.05, 0.1) is 0 Å². The molecule has 0 radical (unpaired) electrons. The summed E-state index contributed by atoms with van der Waals surface area (Å²) in [5, 5.41) is 8.78.